The molecule has 0 bridgehead atoms. The molecule has 1 fully saturated rings. The van der Waals surface area contributed by atoms with Crippen molar-refractivity contribution < 1.29 is 9.90 Å². The third-order valence-corrected chi connectivity index (χ3v) is 7.42. The van der Waals surface area contributed by atoms with Crippen LogP contribution in [0.25, 0.3) is 0 Å². The van der Waals surface area contributed by atoms with Crippen LogP contribution in [0.2, 0.25) is 0 Å². The van der Waals surface area contributed by atoms with Crippen molar-refractivity contribution in [2.24, 2.45) is 0 Å². The molecule has 2 aliphatic heterocycles. The van der Waals surface area contributed by atoms with E-state index in [0.717, 1.165) is 57.5 Å². The first-order valence-corrected chi connectivity index (χ1v) is 11.0. The topological polar surface area (TPSA) is 69.6 Å². The van der Waals surface area contributed by atoms with Crippen molar-refractivity contribution in [1.29, 1.82) is 0 Å². The van der Waals surface area contributed by atoms with E-state index in [4.69, 9.17) is 10.1 Å². The fourth-order valence-electron chi connectivity index (χ4n) is 4.29. The smallest absolute Gasteiger partial charge is 0.354 e. The van der Waals surface area contributed by atoms with Gasteiger partial charge in [-0.3, -0.25) is 0 Å². The summed E-state index contributed by atoms with van der Waals surface area (Å²) in [6.07, 6.45) is 12.5. The number of anilines is 1. The Morgan fingerprint density at radius 2 is 1.90 bits per heavy atom. The fourth-order valence-corrected chi connectivity index (χ4v) is 5.56. The van der Waals surface area contributed by atoms with Gasteiger partial charge in [0, 0.05) is 55.5 Å². The van der Waals surface area contributed by atoms with Crippen LogP contribution in [0.1, 0.15) is 44.8 Å². The summed E-state index contributed by atoms with van der Waals surface area (Å²) in [6, 6.07) is 3.45. The number of piperidine rings is 1. The van der Waals surface area contributed by atoms with Gasteiger partial charge in [0.2, 0.25) is 0 Å². The number of rotatable bonds is 4. The molecule has 7 heteroatoms. The van der Waals surface area contributed by atoms with E-state index in [1.165, 1.54) is 21.3 Å². The number of carbonyl (C=O) groups is 1. The van der Waals surface area contributed by atoms with E-state index in [2.05, 4.69) is 33.0 Å². The van der Waals surface area contributed by atoms with Gasteiger partial charge in [0.25, 0.3) is 0 Å². The van der Waals surface area contributed by atoms with Gasteiger partial charge in [0.05, 0.1) is 22.6 Å². The maximum absolute atomic E-state index is 11.0. The van der Waals surface area contributed by atoms with Gasteiger partial charge in [-0.15, -0.1) is 11.3 Å². The van der Waals surface area contributed by atoms with E-state index in [0.29, 0.717) is 5.92 Å². The van der Waals surface area contributed by atoms with Gasteiger partial charge in [-0.1, -0.05) is 6.08 Å². The number of aromatic carboxylic acids is 1. The second-order valence-electron chi connectivity index (χ2n) is 7.83. The number of nitrogens with zero attached hydrogens (tertiary/aromatic N) is 4. The Balaban J connectivity index is 1.20. The summed E-state index contributed by atoms with van der Waals surface area (Å²) in [5.41, 5.74) is 3.77. The summed E-state index contributed by atoms with van der Waals surface area (Å²) < 4.78 is 0. The predicted octanol–water partition coefficient (Wildman–Crippen LogP) is 3.47. The van der Waals surface area contributed by atoms with Crippen LogP contribution in [-0.2, 0) is 12.8 Å². The minimum absolute atomic E-state index is 0.0936. The van der Waals surface area contributed by atoms with Crippen molar-refractivity contribution in [3.8, 4) is 0 Å². The Bertz CT molecular complexity index is 946. The molecule has 0 aromatic carbocycles. The molecule has 1 saturated heterocycles. The molecule has 3 aliphatic rings. The van der Waals surface area contributed by atoms with E-state index < -0.39 is 5.97 Å². The molecule has 6 nitrogen and oxygen atoms in total. The lowest BCUT2D eigenvalue weighted by Gasteiger charge is -2.32. The van der Waals surface area contributed by atoms with Crippen LogP contribution >= 0.6 is 11.3 Å². The number of pyridine rings is 1. The van der Waals surface area contributed by atoms with Gasteiger partial charge in [-0.05, 0) is 37.1 Å². The molecule has 2 aromatic rings. The molecular formula is C22H24N4O2S. The van der Waals surface area contributed by atoms with Crippen LogP contribution in [0.5, 0.6) is 0 Å². The minimum Gasteiger partial charge on any atom is -0.477 e. The maximum atomic E-state index is 11.0. The van der Waals surface area contributed by atoms with Gasteiger partial charge < -0.3 is 14.9 Å². The summed E-state index contributed by atoms with van der Waals surface area (Å²) in [7, 11) is 0. The quantitative estimate of drug-likeness (QED) is 0.835. The number of fused-ring (bicyclic) bond motifs is 1. The standard InChI is InChI=1S/C22H24N4O2S/c27-22(28)19-5-4-17(14-23-19)26-10-6-15(7-11-26)21-24-18-8-12-25(16-2-1-3-16)13-9-20(18)29-21/h1-5,14-15H,6-13H2,(H,27,28). The van der Waals surface area contributed by atoms with Crippen LogP contribution < -0.4 is 4.90 Å². The zero-order valence-electron chi connectivity index (χ0n) is 16.3. The molecule has 4 heterocycles. The molecule has 1 N–H and O–H groups in total. The van der Waals surface area contributed by atoms with E-state index in [1.54, 1.807) is 12.3 Å². The molecular weight excluding hydrogens is 384 g/mol. The third kappa shape index (κ3) is 3.67. The Kier molecular flexibility index (Phi) is 4.83. The molecule has 2 aromatic heterocycles. The first-order valence-electron chi connectivity index (χ1n) is 10.2. The predicted molar refractivity (Wildman–Crippen MR) is 114 cm³/mol. The Labute approximate surface area is 174 Å². The average molecular weight is 409 g/mol. The molecule has 0 amide bonds. The van der Waals surface area contributed by atoms with Gasteiger partial charge in [0.1, 0.15) is 5.69 Å². The highest BCUT2D eigenvalue weighted by Gasteiger charge is 2.26. The molecule has 5 rings (SSSR count). The largest absolute Gasteiger partial charge is 0.477 e. The molecule has 0 spiro atoms. The minimum atomic E-state index is -0.984. The second kappa shape index (κ2) is 7.63. The Hall–Kier alpha value is -2.67. The van der Waals surface area contributed by atoms with Crippen LogP contribution in [0, 0.1) is 0 Å². The van der Waals surface area contributed by atoms with Crippen LogP contribution in [0.15, 0.2) is 42.3 Å². The first-order chi connectivity index (χ1) is 14.2. The lowest BCUT2D eigenvalue weighted by atomic mass is 9.97. The zero-order chi connectivity index (χ0) is 19.8. The van der Waals surface area contributed by atoms with Crippen molar-refractivity contribution >= 4 is 23.0 Å². The molecule has 0 atom stereocenters. The highest BCUT2D eigenvalue weighted by atomic mass is 32.1. The summed E-state index contributed by atoms with van der Waals surface area (Å²) in [5, 5.41) is 10.3. The summed E-state index contributed by atoms with van der Waals surface area (Å²) in [4.78, 5) is 26.3. The SMILES string of the molecule is O=C(O)c1ccc(N2CCC(c3nc4c(s3)CCN(C3=CC=C3)CC4)CC2)cn1. The third-order valence-electron chi connectivity index (χ3n) is 6.10. The van der Waals surface area contributed by atoms with Crippen molar-refractivity contribution in [1.82, 2.24) is 14.9 Å². The number of carboxylic acids is 1. The van der Waals surface area contributed by atoms with Crippen molar-refractivity contribution in [2.45, 2.75) is 31.6 Å². The number of hydrogen-bond donors (Lipinski definition) is 1. The number of thiazole rings is 1. The number of allylic oxidation sites excluding steroid dienone is 3. The van der Waals surface area contributed by atoms with E-state index in [-0.39, 0.29) is 5.69 Å². The van der Waals surface area contributed by atoms with Crippen LogP contribution in [0.3, 0.4) is 0 Å². The van der Waals surface area contributed by atoms with Crippen molar-refractivity contribution in [2.75, 3.05) is 31.1 Å². The average Bonchev–Trinajstić information content (AvgIpc) is 3.02. The monoisotopic (exact) mass is 408 g/mol. The Morgan fingerprint density at radius 1 is 1.10 bits per heavy atom. The van der Waals surface area contributed by atoms with Crippen LogP contribution in [-0.4, -0.2) is 52.1 Å². The van der Waals surface area contributed by atoms with Gasteiger partial charge in [0.15, 0.2) is 0 Å². The molecule has 1 aliphatic carbocycles. The van der Waals surface area contributed by atoms with Crippen LogP contribution in [0.4, 0.5) is 5.69 Å². The van der Waals surface area contributed by atoms with Crippen molar-refractivity contribution in [3.63, 3.8) is 0 Å². The van der Waals surface area contributed by atoms with E-state index in [9.17, 15) is 4.79 Å². The first kappa shape index (κ1) is 18.4. The maximum Gasteiger partial charge on any atom is 0.354 e. The number of aromatic nitrogens is 2. The fraction of sp³-hybridized carbons (Fsp3) is 0.409. The second-order valence-corrected chi connectivity index (χ2v) is 8.94. The van der Waals surface area contributed by atoms with E-state index in [1.807, 2.05) is 17.4 Å². The molecule has 29 heavy (non-hydrogen) atoms. The summed E-state index contributed by atoms with van der Waals surface area (Å²) >= 11 is 1.93. The van der Waals surface area contributed by atoms with Gasteiger partial charge >= 0.3 is 5.97 Å². The zero-order valence-corrected chi connectivity index (χ0v) is 17.1. The normalized spacial score (nSPS) is 19.4. The highest BCUT2D eigenvalue weighted by molar-refractivity contribution is 7.11. The molecule has 0 unspecified atom stereocenters. The molecule has 0 saturated carbocycles. The Morgan fingerprint density at radius 3 is 2.55 bits per heavy atom. The summed E-state index contributed by atoms with van der Waals surface area (Å²) in [5.74, 6) is -0.453. The molecule has 150 valence electrons. The molecule has 0 radical (unpaired) electrons. The lowest BCUT2D eigenvalue weighted by molar-refractivity contribution is 0.0690. The van der Waals surface area contributed by atoms with Gasteiger partial charge in [-0.2, -0.15) is 0 Å². The number of carboxylic acid groups (broad SMARTS) is 1. The van der Waals surface area contributed by atoms with E-state index >= 15 is 0 Å². The highest BCUT2D eigenvalue weighted by Crippen LogP contribution is 2.35. The number of hydrogen-bond acceptors (Lipinski definition) is 6. The van der Waals surface area contributed by atoms with Gasteiger partial charge in [-0.25, -0.2) is 14.8 Å². The summed E-state index contributed by atoms with van der Waals surface area (Å²) in [6.45, 7) is 4.06. The van der Waals surface area contributed by atoms with Crippen molar-refractivity contribution in [3.05, 3.63) is 63.5 Å². The lowest BCUT2D eigenvalue weighted by Crippen LogP contribution is -2.33.